The maximum atomic E-state index is 11.8. The van der Waals surface area contributed by atoms with Crippen molar-refractivity contribution in [3.05, 3.63) is 0 Å². The van der Waals surface area contributed by atoms with Crippen LogP contribution in [0.3, 0.4) is 0 Å². The molecular formula is C13H23NO4. The van der Waals surface area contributed by atoms with Gasteiger partial charge in [-0.25, -0.2) is 0 Å². The quantitative estimate of drug-likeness (QED) is 0.643. The zero-order chi connectivity index (χ0) is 13.5. The minimum Gasteiger partial charge on any atom is -0.469 e. The van der Waals surface area contributed by atoms with Crippen LogP contribution in [0.2, 0.25) is 0 Å². The number of carbonyl (C=O) groups is 2. The van der Waals surface area contributed by atoms with Crippen LogP contribution < -0.4 is 0 Å². The van der Waals surface area contributed by atoms with Gasteiger partial charge in [0.25, 0.3) is 0 Å². The van der Waals surface area contributed by atoms with Gasteiger partial charge in [0.05, 0.1) is 19.6 Å². The van der Waals surface area contributed by atoms with E-state index in [0.29, 0.717) is 25.0 Å². The van der Waals surface area contributed by atoms with E-state index >= 15 is 0 Å². The predicted octanol–water partition coefficient (Wildman–Crippen LogP) is 1.21. The summed E-state index contributed by atoms with van der Waals surface area (Å²) in [6.07, 6.45) is 3.11. The van der Waals surface area contributed by atoms with Crippen molar-refractivity contribution in [1.82, 2.24) is 4.90 Å². The topological polar surface area (TPSA) is 55.8 Å². The van der Waals surface area contributed by atoms with Crippen molar-refractivity contribution < 1.29 is 19.1 Å². The number of ether oxygens (including phenoxy) is 2. The Morgan fingerprint density at radius 3 is 2.56 bits per heavy atom. The molecule has 1 aliphatic carbocycles. The van der Waals surface area contributed by atoms with Gasteiger partial charge in [-0.15, -0.1) is 0 Å². The molecule has 0 aliphatic heterocycles. The first kappa shape index (κ1) is 15.0. The molecule has 0 unspecified atom stereocenters. The lowest BCUT2D eigenvalue weighted by atomic mass is 9.80. The molecule has 1 fully saturated rings. The number of hydrogen-bond acceptors (Lipinski definition) is 4. The number of nitrogens with zero attached hydrogens (tertiary/aromatic N) is 1. The Morgan fingerprint density at radius 2 is 2.00 bits per heavy atom. The van der Waals surface area contributed by atoms with Gasteiger partial charge in [-0.05, 0) is 25.7 Å². The van der Waals surface area contributed by atoms with Gasteiger partial charge in [0.2, 0.25) is 5.91 Å². The maximum Gasteiger partial charge on any atom is 0.307 e. The third-order valence-electron chi connectivity index (χ3n) is 3.36. The number of carbonyl (C=O) groups excluding carboxylic acids is 2. The fourth-order valence-electron chi connectivity index (χ4n) is 2.10. The number of methoxy groups -OCH3 is 1. The van der Waals surface area contributed by atoms with Crippen molar-refractivity contribution in [2.24, 2.45) is 5.92 Å². The Bertz CT molecular complexity index is 287. The van der Waals surface area contributed by atoms with Crippen LogP contribution in [0.4, 0.5) is 0 Å². The molecule has 5 heteroatoms. The van der Waals surface area contributed by atoms with Crippen LogP contribution in [0, 0.1) is 5.92 Å². The number of hydrogen-bond donors (Lipinski definition) is 0. The second-order valence-electron chi connectivity index (χ2n) is 4.76. The summed E-state index contributed by atoms with van der Waals surface area (Å²) in [4.78, 5) is 24.4. The highest BCUT2D eigenvalue weighted by Crippen LogP contribution is 2.32. The van der Waals surface area contributed by atoms with Gasteiger partial charge >= 0.3 is 5.97 Å². The van der Waals surface area contributed by atoms with Crippen molar-refractivity contribution in [2.75, 3.05) is 27.3 Å². The van der Waals surface area contributed by atoms with Crippen molar-refractivity contribution in [3.63, 3.8) is 0 Å². The first-order valence-electron chi connectivity index (χ1n) is 6.49. The summed E-state index contributed by atoms with van der Waals surface area (Å²) in [6.45, 7) is 3.15. The van der Waals surface area contributed by atoms with Crippen molar-refractivity contribution in [1.29, 1.82) is 0 Å². The van der Waals surface area contributed by atoms with Gasteiger partial charge in [0.1, 0.15) is 0 Å². The van der Waals surface area contributed by atoms with E-state index in [1.807, 2.05) is 6.92 Å². The second-order valence-corrected chi connectivity index (χ2v) is 4.76. The van der Waals surface area contributed by atoms with Crippen molar-refractivity contribution in [2.45, 2.75) is 38.7 Å². The zero-order valence-corrected chi connectivity index (χ0v) is 11.5. The molecule has 0 radical (unpaired) electrons. The fraction of sp³-hybridized carbons (Fsp3) is 0.846. The van der Waals surface area contributed by atoms with Crippen LogP contribution in [0.15, 0.2) is 0 Å². The third-order valence-corrected chi connectivity index (χ3v) is 3.36. The second kappa shape index (κ2) is 7.36. The Hall–Kier alpha value is -1.10. The van der Waals surface area contributed by atoms with Crippen LogP contribution in [0.25, 0.3) is 0 Å². The van der Waals surface area contributed by atoms with Crippen molar-refractivity contribution in [3.8, 4) is 0 Å². The average molecular weight is 257 g/mol. The predicted molar refractivity (Wildman–Crippen MR) is 67.0 cm³/mol. The normalized spacial score (nSPS) is 22.2. The summed E-state index contributed by atoms with van der Waals surface area (Å²) in [7, 11) is 3.08. The van der Waals surface area contributed by atoms with E-state index in [-0.39, 0.29) is 18.3 Å². The van der Waals surface area contributed by atoms with Crippen LogP contribution in [0.1, 0.15) is 32.6 Å². The van der Waals surface area contributed by atoms with Gasteiger partial charge in [0.15, 0.2) is 0 Å². The zero-order valence-electron chi connectivity index (χ0n) is 11.5. The van der Waals surface area contributed by atoms with Crippen molar-refractivity contribution >= 4 is 11.9 Å². The van der Waals surface area contributed by atoms with Crippen LogP contribution in [0.5, 0.6) is 0 Å². The monoisotopic (exact) mass is 257 g/mol. The van der Waals surface area contributed by atoms with E-state index < -0.39 is 0 Å². The standard InChI is InChI=1S/C13H23NO4/c1-4-18-11-7-10(8-11)9-12(15)14(2)6-5-13(16)17-3/h10-11H,4-9H2,1-3H3. The largest absolute Gasteiger partial charge is 0.469 e. The Labute approximate surface area is 108 Å². The Balaban J connectivity index is 2.15. The van der Waals surface area contributed by atoms with Gasteiger partial charge in [0, 0.05) is 26.6 Å². The summed E-state index contributed by atoms with van der Waals surface area (Å²) < 4.78 is 10.00. The highest BCUT2D eigenvalue weighted by molar-refractivity contribution is 5.77. The molecule has 0 aromatic heterocycles. The average Bonchev–Trinajstić information content (AvgIpc) is 2.32. The van der Waals surface area contributed by atoms with E-state index in [1.54, 1.807) is 11.9 Å². The van der Waals surface area contributed by atoms with E-state index in [4.69, 9.17) is 4.74 Å². The SMILES string of the molecule is CCOC1CC(CC(=O)N(C)CCC(=O)OC)C1. The highest BCUT2D eigenvalue weighted by atomic mass is 16.5. The molecule has 0 atom stereocenters. The molecule has 0 bridgehead atoms. The van der Waals surface area contributed by atoms with Gasteiger partial charge in [-0.1, -0.05) is 0 Å². The van der Waals surface area contributed by atoms with E-state index in [0.717, 1.165) is 19.4 Å². The number of esters is 1. The molecule has 1 rings (SSSR count). The first-order chi connectivity index (χ1) is 8.56. The Kier molecular flexibility index (Phi) is 6.12. The molecule has 104 valence electrons. The molecule has 1 amide bonds. The number of rotatable bonds is 7. The van der Waals surface area contributed by atoms with E-state index in [9.17, 15) is 9.59 Å². The van der Waals surface area contributed by atoms with Gasteiger partial charge in [-0.2, -0.15) is 0 Å². The Morgan fingerprint density at radius 1 is 1.33 bits per heavy atom. The van der Waals surface area contributed by atoms with Gasteiger partial charge in [-0.3, -0.25) is 9.59 Å². The minimum absolute atomic E-state index is 0.0962. The maximum absolute atomic E-state index is 11.8. The fourth-order valence-corrected chi connectivity index (χ4v) is 2.10. The van der Waals surface area contributed by atoms with E-state index in [1.165, 1.54) is 7.11 Å². The molecule has 0 spiro atoms. The summed E-state index contributed by atoms with van der Waals surface area (Å²) in [6, 6.07) is 0. The minimum atomic E-state index is -0.283. The summed E-state index contributed by atoms with van der Waals surface area (Å²) in [5.41, 5.74) is 0. The molecule has 5 nitrogen and oxygen atoms in total. The van der Waals surface area contributed by atoms with Crippen LogP contribution in [-0.2, 0) is 19.1 Å². The first-order valence-corrected chi connectivity index (χ1v) is 6.49. The van der Waals surface area contributed by atoms with Crippen LogP contribution in [-0.4, -0.2) is 50.2 Å². The molecule has 1 aliphatic rings. The molecule has 0 N–H and O–H groups in total. The highest BCUT2D eigenvalue weighted by Gasteiger charge is 2.31. The van der Waals surface area contributed by atoms with Gasteiger partial charge < -0.3 is 14.4 Å². The number of amides is 1. The molecule has 0 heterocycles. The lowest BCUT2D eigenvalue weighted by Gasteiger charge is -2.35. The molecule has 18 heavy (non-hydrogen) atoms. The molecular weight excluding hydrogens is 234 g/mol. The molecule has 0 saturated heterocycles. The lowest BCUT2D eigenvalue weighted by Crippen LogP contribution is -2.37. The smallest absolute Gasteiger partial charge is 0.307 e. The lowest BCUT2D eigenvalue weighted by molar-refractivity contribution is -0.141. The molecule has 0 aromatic carbocycles. The summed E-state index contributed by atoms with van der Waals surface area (Å²) >= 11 is 0. The third kappa shape index (κ3) is 4.64. The molecule has 1 saturated carbocycles. The van der Waals surface area contributed by atoms with E-state index in [2.05, 4.69) is 4.74 Å². The summed E-state index contributed by atoms with van der Waals surface area (Å²) in [5.74, 6) is 0.253. The van der Waals surface area contributed by atoms with Crippen LogP contribution >= 0.6 is 0 Å². The molecule has 0 aromatic rings. The summed E-state index contributed by atoms with van der Waals surface area (Å²) in [5, 5.41) is 0.